The Bertz CT molecular complexity index is 987. The first-order valence-corrected chi connectivity index (χ1v) is 12.0. The average Bonchev–Trinajstić information content (AvgIpc) is 3.29. The molecule has 4 N–H and O–H groups in total. The van der Waals surface area contributed by atoms with E-state index in [9.17, 15) is 14.4 Å². The van der Waals surface area contributed by atoms with Crippen LogP contribution in [0.15, 0.2) is 30.5 Å². The molecule has 2 fully saturated rings. The predicted molar refractivity (Wildman–Crippen MR) is 128 cm³/mol. The Hall–Kier alpha value is -2.87. The quantitative estimate of drug-likeness (QED) is 0.596. The molecule has 0 aliphatic carbocycles. The zero-order valence-corrected chi connectivity index (χ0v) is 19.4. The molecule has 2 aliphatic rings. The van der Waals surface area contributed by atoms with Gasteiger partial charge in [-0.15, -0.1) is 0 Å². The topological polar surface area (TPSA) is 112 Å². The van der Waals surface area contributed by atoms with E-state index in [-0.39, 0.29) is 24.7 Å². The Kier molecular flexibility index (Phi) is 7.33. The van der Waals surface area contributed by atoms with Crippen molar-refractivity contribution in [1.29, 1.82) is 0 Å². The van der Waals surface area contributed by atoms with E-state index in [0.29, 0.717) is 24.6 Å². The monoisotopic (exact) mass is 453 g/mol. The van der Waals surface area contributed by atoms with Gasteiger partial charge in [0.15, 0.2) is 0 Å². The molecule has 0 bridgehead atoms. The lowest BCUT2D eigenvalue weighted by Crippen LogP contribution is -2.51. The third-order valence-corrected chi connectivity index (χ3v) is 7.38. The summed E-state index contributed by atoms with van der Waals surface area (Å²) in [6.45, 7) is 3.71. The molecule has 0 spiro atoms. The number of H-pyrrole nitrogens is 1. The first-order valence-electron chi connectivity index (χ1n) is 12.0. The summed E-state index contributed by atoms with van der Waals surface area (Å²) in [4.78, 5) is 45.0. The first kappa shape index (κ1) is 23.3. The largest absolute Gasteiger partial charge is 0.370 e. The second-order valence-electron chi connectivity index (χ2n) is 9.61. The van der Waals surface area contributed by atoms with E-state index in [1.807, 2.05) is 23.2 Å². The number of nitrogens with zero attached hydrogens (tertiary/aromatic N) is 2. The third kappa shape index (κ3) is 5.74. The maximum atomic E-state index is 13.3. The molecule has 1 aromatic heterocycles. The number of nitrogens with one attached hydrogen (secondary N) is 2. The SMILES string of the molecule is CN1CCC(C2CCN(C(=O)[C@@H](CCC(N)=O)NC(=O)c3ccc4cc[nH]c4c3)CC2)CC1. The third-order valence-electron chi connectivity index (χ3n) is 7.38. The standard InChI is InChI=1S/C25H35N5O3/c1-29-12-7-17(8-13-29)18-9-14-30(15-10-18)25(33)21(4-5-23(26)31)28-24(32)20-3-2-19-6-11-27-22(19)16-20/h2-3,6,11,16-18,21,27H,4-5,7-10,12-15H2,1H3,(H2,26,31)(H,28,32)/t21-/m1/s1. The van der Waals surface area contributed by atoms with Crippen LogP contribution in [0.5, 0.6) is 0 Å². The minimum absolute atomic E-state index is 0.0540. The number of aromatic nitrogens is 1. The van der Waals surface area contributed by atoms with Crippen LogP contribution in [0.4, 0.5) is 0 Å². The van der Waals surface area contributed by atoms with E-state index < -0.39 is 11.9 Å². The predicted octanol–water partition coefficient (Wildman–Crippen LogP) is 2.11. The Labute approximate surface area is 194 Å². The van der Waals surface area contributed by atoms with Gasteiger partial charge >= 0.3 is 0 Å². The minimum Gasteiger partial charge on any atom is -0.370 e. The molecule has 0 unspecified atom stereocenters. The number of nitrogens with two attached hydrogens (primary N) is 1. The fraction of sp³-hybridized carbons (Fsp3) is 0.560. The van der Waals surface area contributed by atoms with Crippen molar-refractivity contribution < 1.29 is 14.4 Å². The van der Waals surface area contributed by atoms with Gasteiger partial charge in [-0.25, -0.2) is 0 Å². The molecule has 178 valence electrons. The van der Waals surface area contributed by atoms with Crippen molar-refractivity contribution in [1.82, 2.24) is 20.1 Å². The van der Waals surface area contributed by atoms with Gasteiger partial charge < -0.3 is 25.8 Å². The fourth-order valence-electron chi connectivity index (χ4n) is 5.29. The Balaban J connectivity index is 1.38. The van der Waals surface area contributed by atoms with Crippen LogP contribution >= 0.6 is 0 Å². The number of likely N-dealkylation sites (tertiary alicyclic amines) is 2. The number of primary amides is 1. The number of aromatic amines is 1. The number of carbonyl (C=O) groups is 3. The summed E-state index contributed by atoms with van der Waals surface area (Å²) in [5.41, 5.74) is 6.67. The number of amides is 3. The van der Waals surface area contributed by atoms with Crippen molar-refractivity contribution in [3.8, 4) is 0 Å². The number of rotatable bonds is 7. The molecular formula is C25H35N5O3. The number of fused-ring (bicyclic) bond motifs is 1. The van der Waals surface area contributed by atoms with Crippen LogP contribution in [-0.2, 0) is 9.59 Å². The molecule has 3 heterocycles. The van der Waals surface area contributed by atoms with Crippen molar-refractivity contribution in [3.05, 3.63) is 36.0 Å². The maximum absolute atomic E-state index is 13.3. The molecule has 8 nitrogen and oxygen atoms in total. The summed E-state index contributed by atoms with van der Waals surface area (Å²) in [6, 6.07) is 6.56. The number of carbonyl (C=O) groups excluding carboxylic acids is 3. The minimum atomic E-state index is -0.760. The first-order chi connectivity index (χ1) is 15.9. The van der Waals surface area contributed by atoms with Crippen molar-refractivity contribution in [2.75, 3.05) is 33.2 Å². The van der Waals surface area contributed by atoms with E-state index in [1.165, 1.54) is 12.8 Å². The second-order valence-corrected chi connectivity index (χ2v) is 9.61. The fourth-order valence-corrected chi connectivity index (χ4v) is 5.29. The van der Waals surface area contributed by atoms with Crippen molar-refractivity contribution in [3.63, 3.8) is 0 Å². The van der Waals surface area contributed by atoms with Crippen LogP contribution in [0.2, 0.25) is 0 Å². The van der Waals surface area contributed by atoms with Gasteiger partial charge in [0.1, 0.15) is 6.04 Å². The van der Waals surface area contributed by atoms with Gasteiger partial charge in [-0.2, -0.15) is 0 Å². The summed E-state index contributed by atoms with van der Waals surface area (Å²) in [5, 5.41) is 3.88. The zero-order chi connectivity index (χ0) is 23.4. The lowest BCUT2D eigenvalue weighted by atomic mass is 9.79. The van der Waals surface area contributed by atoms with Crippen molar-refractivity contribution in [2.24, 2.45) is 17.6 Å². The van der Waals surface area contributed by atoms with E-state index in [2.05, 4.69) is 22.2 Å². The summed E-state index contributed by atoms with van der Waals surface area (Å²) in [5.74, 6) is 0.486. The molecule has 0 saturated carbocycles. The lowest BCUT2D eigenvalue weighted by molar-refractivity contribution is -0.135. The lowest BCUT2D eigenvalue weighted by Gasteiger charge is -2.40. The molecule has 0 radical (unpaired) electrons. The number of benzene rings is 1. The molecule has 33 heavy (non-hydrogen) atoms. The van der Waals surface area contributed by atoms with Crippen LogP contribution in [0.3, 0.4) is 0 Å². The number of hydrogen-bond acceptors (Lipinski definition) is 4. The molecule has 2 aromatic rings. The van der Waals surface area contributed by atoms with Crippen LogP contribution in [0.1, 0.15) is 48.9 Å². The second kappa shape index (κ2) is 10.4. The molecule has 8 heteroatoms. The highest BCUT2D eigenvalue weighted by atomic mass is 16.2. The van der Waals surface area contributed by atoms with Crippen LogP contribution < -0.4 is 11.1 Å². The van der Waals surface area contributed by atoms with Gasteiger partial charge in [0, 0.05) is 36.8 Å². The number of hydrogen-bond donors (Lipinski definition) is 3. The average molecular weight is 454 g/mol. The van der Waals surface area contributed by atoms with Crippen LogP contribution in [-0.4, -0.2) is 71.8 Å². The smallest absolute Gasteiger partial charge is 0.252 e. The Morgan fingerprint density at radius 3 is 2.39 bits per heavy atom. The summed E-state index contributed by atoms with van der Waals surface area (Å²) in [6.07, 6.45) is 6.55. The highest BCUT2D eigenvalue weighted by Gasteiger charge is 2.33. The van der Waals surface area contributed by atoms with Gasteiger partial charge in [-0.05, 0) is 87.7 Å². The van der Waals surface area contributed by atoms with E-state index in [4.69, 9.17) is 5.73 Å². The maximum Gasteiger partial charge on any atom is 0.252 e. The summed E-state index contributed by atoms with van der Waals surface area (Å²) in [7, 11) is 2.17. The van der Waals surface area contributed by atoms with Gasteiger partial charge in [-0.3, -0.25) is 14.4 Å². The molecule has 1 atom stereocenters. The Morgan fingerprint density at radius 2 is 1.73 bits per heavy atom. The van der Waals surface area contributed by atoms with Gasteiger partial charge in [0.25, 0.3) is 5.91 Å². The van der Waals surface area contributed by atoms with Crippen molar-refractivity contribution in [2.45, 2.75) is 44.6 Å². The van der Waals surface area contributed by atoms with Gasteiger partial charge in [0.05, 0.1) is 0 Å². The molecular weight excluding hydrogens is 418 g/mol. The molecule has 4 rings (SSSR count). The highest BCUT2D eigenvalue weighted by Crippen LogP contribution is 2.32. The zero-order valence-electron chi connectivity index (χ0n) is 19.4. The number of piperidine rings is 2. The normalized spacial score (nSPS) is 19.5. The molecule has 2 saturated heterocycles. The van der Waals surface area contributed by atoms with E-state index >= 15 is 0 Å². The van der Waals surface area contributed by atoms with Gasteiger partial charge in [-0.1, -0.05) is 6.07 Å². The van der Waals surface area contributed by atoms with Gasteiger partial charge in [0.2, 0.25) is 11.8 Å². The van der Waals surface area contributed by atoms with Crippen LogP contribution in [0, 0.1) is 11.8 Å². The summed E-state index contributed by atoms with van der Waals surface area (Å²) >= 11 is 0. The molecule has 1 aromatic carbocycles. The van der Waals surface area contributed by atoms with Crippen molar-refractivity contribution >= 4 is 28.6 Å². The van der Waals surface area contributed by atoms with Crippen LogP contribution in [0.25, 0.3) is 10.9 Å². The molecule has 2 aliphatic heterocycles. The summed E-state index contributed by atoms with van der Waals surface area (Å²) < 4.78 is 0. The van der Waals surface area contributed by atoms with E-state index in [0.717, 1.165) is 42.8 Å². The molecule has 3 amide bonds. The van der Waals surface area contributed by atoms with E-state index in [1.54, 1.807) is 12.1 Å². The highest BCUT2D eigenvalue weighted by molar-refractivity contribution is 6.00. The Morgan fingerprint density at radius 1 is 1.06 bits per heavy atom.